The maximum absolute atomic E-state index is 13.3. The Bertz CT molecular complexity index is 902. The van der Waals surface area contributed by atoms with Gasteiger partial charge in [0.1, 0.15) is 5.70 Å². The highest BCUT2D eigenvalue weighted by atomic mass is 35.5. The molecular formula is C19H17ClN2O3S. The number of benzene rings is 1. The number of rotatable bonds is 3. The van der Waals surface area contributed by atoms with Gasteiger partial charge < -0.3 is 9.64 Å². The molecule has 1 aromatic carbocycles. The summed E-state index contributed by atoms with van der Waals surface area (Å²) in [5, 5.41) is 2.48. The molecule has 2 aliphatic heterocycles. The maximum atomic E-state index is 13.3. The number of amides is 2. The highest BCUT2D eigenvalue weighted by Gasteiger charge is 2.43. The number of nitrogens with zero attached hydrogens (tertiary/aromatic N) is 2. The van der Waals surface area contributed by atoms with E-state index in [1.165, 1.54) is 16.2 Å². The lowest BCUT2D eigenvalue weighted by Gasteiger charge is -2.29. The summed E-state index contributed by atoms with van der Waals surface area (Å²) in [5.74, 6) is -0.574. The summed E-state index contributed by atoms with van der Waals surface area (Å²) < 4.78 is 5.40. The number of anilines is 1. The summed E-state index contributed by atoms with van der Waals surface area (Å²) in [6.45, 7) is 4.12. The first-order valence-electron chi connectivity index (χ1n) is 8.33. The fourth-order valence-electron chi connectivity index (χ4n) is 3.33. The first kappa shape index (κ1) is 17.3. The monoisotopic (exact) mass is 388 g/mol. The molecule has 3 heterocycles. The molecule has 2 amide bonds. The highest BCUT2D eigenvalue weighted by Crippen LogP contribution is 2.38. The smallest absolute Gasteiger partial charge is 0.282 e. The van der Waals surface area contributed by atoms with Crippen LogP contribution in [0.3, 0.4) is 0 Å². The summed E-state index contributed by atoms with van der Waals surface area (Å²) in [6, 6.07) is 8.94. The second-order valence-corrected chi connectivity index (χ2v) is 7.56. The molecule has 0 radical (unpaired) electrons. The molecule has 0 bridgehead atoms. The van der Waals surface area contributed by atoms with Gasteiger partial charge in [-0.3, -0.25) is 9.59 Å². The van der Waals surface area contributed by atoms with Crippen LogP contribution >= 0.6 is 22.9 Å². The van der Waals surface area contributed by atoms with Gasteiger partial charge in [-0.15, -0.1) is 11.3 Å². The molecular weight excluding hydrogens is 372 g/mol. The molecule has 4 rings (SSSR count). The number of morpholine rings is 1. The van der Waals surface area contributed by atoms with Gasteiger partial charge in [-0.05, 0) is 42.1 Å². The fourth-order valence-corrected chi connectivity index (χ4v) is 4.32. The Kier molecular flexibility index (Phi) is 4.56. The van der Waals surface area contributed by atoms with Gasteiger partial charge in [0, 0.05) is 23.0 Å². The average Bonchev–Trinajstić information content (AvgIpc) is 3.23. The quantitative estimate of drug-likeness (QED) is 0.757. The van der Waals surface area contributed by atoms with Gasteiger partial charge in [-0.2, -0.15) is 0 Å². The number of carbonyl (C=O) groups is 2. The van der Waals surface area contributed by atoms with Crippen molar-refractivity contribution in [3.8, 4) is 0 Å². The molecule has 0 aliphatic carbocycles. The molecule has 26 heavy (non-hydrogen) atoms. The molecule has 0 atom stereocenters. The van der Waals surface area contributed by atoms with Crippen LogP contribution in [0.1, 0.15) is 10.4 Å². The topological polar surface area (TPSA) is 49.9 Å². The van der Waals surface area contributed by atoms with Crippen LogP contribution in [0.4, 0.5) is 5.69 Å². The molecule has 1 saturated heterocycles. The Balaban J connectivity index is 1.82. The van der Waals surface area contributed by atoms with E-state index >= 15 is 0 Å². The molecule has 2 aliphatic rings. The van der Waals surface area contributed by atoms with Gasteiger partial charge in [-0.1, -0.05) is 17.7 Å². The largest absolute Gasteiger partial charge is 0.378 e. The number of thiophene rings is 1. The summed E-state index contributed by atoms with van der Waals surface area (Å²) >= 11 is 7.50. The molecule has 0 unspecified atom stereocenters. The van der Waals surface area contributed by atoms with Crippen molar-refractivity contribution in [2.24, 2.45) is 0 Å². The fraction of sp³-hybridized carbons (Fsp3) is 0.263. The molecule has 2 aromatic rings. The minimum Gasteiger partial charge on any atom is -0.378 e. The van der Waals surface area contributed by atoms with Crippen LogP contribution in [0.25, 0.3) is 5.57 Å². The zero-order valence-corrected chi connectivity index (χ0v) is 15.8. The lowest BCUT2D eigenvalue weighted by atomic mass is 10.1. The minimum atomic E-state index is -0.288. The number of hydrogen-bond donors (Lipinski definition) is 0. The van der Waals surface area contributed by atoms with E-state index < -0.39 is 0 Å². The van der Waals surface area contributed by atoms with E-state index in [1.54, 1.807) is 18.2 Å². The SMILES string of the molecule is Cc1cc(Cl)ccc1N1C(=O)C(c2cccs2)=C(N2CCOCC2)C1=O. The predicted octanol–water partition coefficient (Wildman–Crippen LogP) is 3.33. The lowest BCUT2D eigenvalue weighted by Crippen LogP contribution is -2.40. The third-order valence-electron chi connectivity index (χ3n) is 4.55. The predicted molar refractivity (Wildman–Crippen MR) is 102 cm³/mol. The van der Waals surface area contributed by atoms with E-state index in [2.05, 4.69) is 0 Å². The van der Waals surface area contributed by atoms with Crippen LogP contribution in [-0.2, 0) is 14.3 Å². The third kappa shape index (κ3) is 2.84. The lowest BCUT2D eigenvalue weighted by molar-refractivity contribution is -0.121. The molecule has 5 nitrogen and oxygen atoms in total. The van der Waals surface area contributed by atoms with E-state index in [1.807, 2.05) is 29.3 Å². The van der Waals surface area contributed by atoms with Crippen molar-refractivity contribution in [3.63, 3.8) is 0 Å². The first-order valence-corrected chi connectivity index (χ1v) is 9.59. The Morgan fingerprint density at radius 1 is 1.12 bits per heavy atom. The van der Waals surface area contributed by atoms with E-state index in [9.17, 15) is 9.59 Å². The Labute approximate surface area is 160 Å². The number of ether oxygens (including phenoxy) is 1. The van der Waals surface area contributed by atoms with Crippen molar-refractivity contribution in [1.29, 1.82) is 0 Å². The standard InChI is InChI=1S/C19H17ClN2O3S/c1-12-11-13(20)4-5-14(12)22-18(23)16(15-3-2-10-26-15)17(19(22)24)21-6-8-25-9-7-21/h2-5,10-11H,6-9H2,1H3. The molecule has 0 N–H and O–H groups in total. The van der Waals surface area contributed by atoms with Crippen LogP contribution in [0.15, 0.2) is 41.4 Å². The number of aryl methyl sites for hydroxylation is 1. The van der Waals surface area contributed by atoms with E-state index in [4.69, 9.17) is 16.3 Å². The molecule has 7 heteroatoms. The van der Waals surface area contributed by atoms with Crippen LogP contribution in [0.5, 0.6) is 0 Å². The summed E-state index contributed by atoms with van der Waals surface area (Å²) in [6.07, 6.45) is 0. The van der Waals surface area contributed by atoms with Crippen molar-refractivity contribution < 1.29 is 14.3 Å². The molecule has 134 valence electrons. The van der Waals surface area contributed by atoms with Crippen molar-refractivity contribution in [3.05, 3.63) is 56.9 Å². The van der Waals surface area contributed by atoms with Gasteiger partial charge >= 0.3 is 0 Å². The highest BCUT2D eigenvalue weighted by molar-refractivity contribution is 7.11. The van der Waals surface area contributed by atoms with Crippen molar-refractivity contribution in [2.75, 3.05) is 31.2 Å². The number of halogens is 1. The first-order chi connectivity index (χ1) is 12.6. The number of hydrogen-bond acceptors (Lipinski definition) is 5. The minimum absolute atomic E-state index is 0.286. The van der Waals surface area contributed by atoms with Crippen molar-refractivity contribution in [1.82, 2.24) is 4.90 Å². The average molecular weight is 389 g/mol. The number of imide groups is 1. The zero-order chi connectivity index (χ0) is 18.3. The third-order valence-corrected chi connectivity index (χ3v) is 5.68. The second-order valence-electron chi connectivity index (χ2n) is 6.18. The van der Waals surface area contributed by atoms with Crippen molar-refractivity contribution in [2.45, 2.75) is 6.92 Å². The summed E-state index contributed by atoms with van der Waals surface area (Å²) in [5.41, 5.74) is 2.30. The summed E-state index contributed by atoms with van der Waals surface area (Å²) in [4.78, 5) is 30.6. The van der Waals surface area contributed by atoms with E-state index in [-0.39, 0.29) is 11.8 Å². The summed E-state index contributed by atoms with van der Waals surface area (Å²) in [7, 11) is 0. The Morgan fingerprint density at radius 3 is 2.54 bits per heavy atom. The van der Waals surface area contributed by atoms with Crippen LogP contribution in [0, 0.1) is 6.92 Å². The van der Waals surface area contributed by atoms with E-state index in [0.29, 0.717) is 48.3 Å². The van der Waals surface area contributed by atoms with Gasteiger partial charge in [0.25, 0.3) is 11.8 Å². The van der Waals surface area contributed by atoms with Gasteiger partial charge in [0.05, 0.1) is 24.5 Å². The number of carbonyl (C=O) groups excluding carboxylic acids is 2. The van der Waals surface area contributed by atoms with Gasteiger partial charge in [-0.25, -0.2) is 4.90 Å². The molecule has 0 saturated carbocycles. The molecule has 1 aromatic heterocycles. The Morgan fingerprint density at radius 2 is 1.88 bits per heavy atom. The van der Waals surface area contributed by atoms with Gasteiger partial charge in [0.15, 0.2) is 0 Å². The van der Waals surface area contributed by atoms with Gasteiger partial charge in [0.2, 0.25) is 0 Å². The maximum Gasteiger partial charge on any atom is 0.282 e. The normalized spacial score (nSPS) is 18.2. The van der Waals surface area contributed by atoms with Crippen LogP contribution < -0.4 is 4.90 Å². The molecule has 1 fully saturated rings. The zero-order valence-electron chi connectivity index (χ0n) is 14.2. The molecule has 0 spiro atoms. The van der Waals surface area contributed by atoms with E-state index in [0.717, 1.165) is 10.4 Å². The van der Waals surface area contributed by atoms with Crippen LogP contribution in [-0.4, -0.2) is 43.0 Å². The van der Waals surface area contributed by atoms with Crippen LogP contribution in [0.2, 0.25) is 5.02 Å². The second kappa shape index (κ2) is 6.87. The Hall–Kier alpha value is -2.15. The van der Waals surface area contributed by atoms with Crippen molar-refractivity contribution >= 4 is 46.0 Å².